The minimum Gasteiger partial charge on any atom is -0.454 e. The van der Waals surface area contributed by atoms with E-state index in [1.807, 2.05) is 18.2 Å². The number of carbonyl (C=O) groups is 2. The second-order valence-corrected chi connectivity index (χ2v) is 8.12. The quantitative estimate of drug-likeness (QED) is 0.783. The number of nitrogens with one attached hydrogen (secondary N) is 2. The zero-order chi connectivity index (χ0) is 19.7. The van der Waals surface area contributed by atoms with Crippen molar-refractivity contribution in [2.45, 2.75) is 51.6 Å². The fraction of sp³-hybridized carbons (Fsp3) is 0.545. The molecular formula is C22H28N2O4. The van der Waals surface area contributed by atoms with Gasteiger partial charge in [-0.15, -0.1) is 0 Å². The van der Waals surface area contributed by atoms with E-state index in [1.54, 1.807) is 12.2 Å². The molecule has 1 aromatic rings. The summed E-state index contributed by atoms with van der Waals surface area (Å²) in [6, 6.07) is 5.87. The minimum atomic E-state index is -0.109. The summed E-state index contributed by atoms with van der Waals surface area (Å²) in [7, 11) is 0. The molecule has 6 heteroatoms. The van der Waals surface area contributed by atoms with Crippen molar-refractivity contribution in [1.82, 2.24) is 10.6 Å². The number of hydrogen-bond donors (Lipinski definition) is 2. The van der Waals surface area contributed by atoms with Crippen LogP contribution in [0.3, 0.4) is 0 Å². The fourth-order valence-corrected chi connectivity index (χ4v) is 4.94. The molecule has 2 heterocycles. The summed E-state index contributed by atoms with van der Waals surface area (Å²) in [4.78, 5) is 24.7. The Labute approximate surface area is 165 Å². The van der Waals surface area contributed by atoms with Crippen LogP contribution >= 0.6 is 0 Å². The highest BCUT2D eigenvalue weighted by atomic mass is 16.7. The Morgan fingerprint density at radius 1 is 1.29 bits per heavy atom. The van der Waals surface area contributed by atoms with Crippen molar-refractivity contribution in [1.29, 1.82) is 0 Å². The summed E-state index contributed by atoms with van der Waals surface area (Å²) in [5.74, 6) is 2.54. The summed E-state index contributed by atoms with van der Waals surface area (Å²) in [5.41, 5.74) is 0.891. The van der Waals surface area contributed by atoms with Crippen LogP contribution in [0, 0.1) is 17.8 Å². The average molecular weight is 384 g/mol. The van der Waals surface area contributed by atoms with Gasteiger partial charge in [0, 0.05) is 24.1 Å². The van der Waals surface area contributed by atoms with Gasteiger partial charge in [-0.25, -0.2) is 0 Å². The average Bonchev–Trinajstić information content (AvgIpc) is 3.14. The van der Waals surface area contributed by atoms with Crippen LogP contribution in [0.1, 0.15) is 45.1 Å². The van der Waals surface area contributed by atoms with Crippen LogP contribution in [0.25, 0.3) is 6.08 Å². The van der Waals surface area contributed by atoms with E-state index in [2.05, 4.69) is 24.5 Å². The first-order valence-electron chi connectivity index (χ1n) is 10.2. The van der Waals surface area contributed by atoms with Gasteiger partial charge < -0.3 is 20.1 Å². The standard InChI is InChI=1S/C22H28N2O4/c1-3-16-13(2)17-7-6-15(11-18(17)24-22(16)26)23-21(25)9-5-14-4-8-19-20(10-14)28-12-27-19/h4-5,8-10,13,15-18H,3,6-7,11-12H2,1-2H3,(H,23,25)(H,24,26)/b9-5-. The van der Waals surface area contributed by atoms with Gasteiger partial charge in [0.15, 0.2) is 11.5 Å². The van der Waals surface area contributed by atoms with E-state index in [9.17, 15) is 9.59 Å². The van der Waals surface area contributed by atoms with Crippen LogP contribution in [0.4, 0.5) is 0 Å². The largest absolute Gasteiger partial charge is 0.454 e. The molecule has 1 aromatic carbocycles. The number of hydrogen-bond acceptors (Lipinski definition) is 4. The number of piperidine rings is 1. The highest BCUT2D eigenvalue weighted by molar-refractivity contribution is 5.92. The van der Waals surface area contributed by atoms with Gasteiger partial charge in [-0.3, -0.25) is 9.59 Å². The molecule has 0 bridgehead atoms. The third-order valence-corrected chi connectivity index (χ3v) is 6.49. The Balaban J connectivity index is 1.33. The number of benzene rings is 1. The van der Waals surface area contributed by atoms with Gasteiger partial charge in [0.05, 0.1) is 0 Å². The molecule has 1 saturated carbocycles. The zero-order valence-electron chi connectivity index (χ0n) is 16.4. The van der Waals surface area contributed by atoms with Gasteiger partial charge in [0.1, 0.15) is 0 Å². The van der Waals surface area contributed by atoms with Crippen molar-refractivity contribution in [2.75, 3.05) is 6.79 Å². The predicted molar refractivity (Wildman–Crippen MR) is 106 cm³/mol. The molecule has 2 fully saturated rings. The van der Waals surface area contributed by atoms with E-state index in [0.29, 0.717) is 17.6 Å². The summed E-state index contributed by atoms with van der Waals surface area (Å²) in [5, 5.41) is 6.30. The summed E-state index contributed by atoms with van der Waals surface area (Å²) in [6.07, 6.45) is 7.03. The Morgan fingerprint density at radius 3 is 2.93 bits per heavy atom. The fourth-order valence-electron chi connectivity index (χ4n) is 4.94. The van der Waals surface area contributed by atoms with Crippen molar-refractivity contribution >= 4 is 17.9 Å². The second kappa shape index (κ2) is 7.86. The SMILES string of the molecule is CCC1C(=O)NC2CC(NC(=O)/C=C\c3ccc4c(c3)OCO4)CCC2C1C. The van der Waals surface area contributed by atoms with Crippen molar-refractivity contribution in [3.63, 3.8) is 0 Å². The molecule has 4 rings (SSSR count). The normalized spacial score (nSPS) is 31.4. The molecule has 2 amide bonds. The molecule has 3 aliphatic rings. The van der Waals surface area contributed by atoms with Crippen LogP contribution < -0.4 is 20.1 Å². The predicted octanol–water partition coefficient (Wildman–Crippen LogP) is 2.87. The number of fused-ring (bicyclic) bond motifs is 2. The molecule has 1 aliphatic carbocycles. The lowest BCUT2D eigenvalue weighted by molar-refractivity contribution is -0.133. The Kier molecular flexibility index (Phi) is 5.29. The van der Waals surface area contributed by atoms with Crippen LogP contribution in [0.15, 0.2) is 24.3 Å². The third kappa shape index (κ3) is 3.73. The van der Waals surface area contributed by atoms with Gasteiger partial charge in [0.2, 0.25) is 18.6 Å². The lowest BCUT2D eigenvalue weighted by Crippen LogP contribution is -2.58. The van der Waals surface area contributed by atoms with E-state index in [0.717, 1.165) is 37.0 Å². The Bertz CT molecular complexity index is 791. The molecule has 28 heavy (non-hydrogen) atoms. The van der Waals surface area contributed by atoms with Crippen molar-refractivity contribution in [3.8, 4) is 11.5 Å². The monoisotopic (exact) mass is 384 g/mol. The number of amides is 2. The Hall–Kier alpha value is -2.50. The molecule has 0 aromatic heterocycles. The highest BCUT2D eigenvalue weighted by Gasteiger charge is 2.43. The smallest absolute Gasteiger partial charge is 0.244 e. The molecule has 0 radical (unpaired) electrons. The van der Waals surface area contributed by atoms with Crippen molar-refractivity contribution in [3.05, 3.63) is 29.8 Å². The molecule has 2 N–H and O–H groups in total. The first-order chi connectivity index (χ1) is 13.5. The molecule has 6 nitrogen and oxygen atoms in total. The second-order valence-electron chi connectivity index (χ2n) is 8.12. The molecule has 5 atom stereocenters. The van der Waals surface area contributed by atoms with E-state index < -0.39 is 0 Å². The maximum Gasteiger partial charge on any atom is 0.244 e. The van der Waals surface area contributed by atoms with E-state index in [1.165, 1.54) is 0 Å². The van der Waals surface area contributed by atoms with Gasteiger partial charge in [-0.1, -0.05) is 19.9 Å². The highest BCUT2D eigenvalue weighted by Crippen LogP contribution is 2.39. The number of ether oxygens (including phenoxy) is 2. The first kappa shape index (κ1) is 18.8. The van der Waals surface area contributed by atoms with Crippen LogP contribution in [0.5, 0.6) is 11.5 Å². The van der Waals surface area contributed by atoms with Gasteiger partial charge >= 0.3 is 0 Å². The summed E-state index contributed by atoms with van der Waals surface area (Å²) in [6.45, 7) is 4.53. The van der Waals surface area contributed by atoms with Crippen LogP contribution in [0.2, 0.25) is 0 Å². The first-order valence-corrected chi connectivity index (χ1v) is 10.2. The van der Waals surface area contributed by atoms with Crippen molar-refractivity contribution < 1.29 is 19.1 Å². The zero-order valence-corrected chi connectivity index (χ0v) is 16.4. The molecule has 2 aliphatic heterocycles. The molecule has 150 valence electrons. The van der Waals surface area contributed by atoms with E-state index in [-0.39, 0.29) is 36.6 Å². The molecule has 5 unspecified atom stereocenters. The van der Waals surface area contributed by atoms with E-state index >= 15 is 0 Å². The maximum atomic E-state index is 12.4. The van der Waals surface area contributed by atoms with Crippen LogP contribution in [-0.4, -0.2) is 30.7 Å². The topological polar surface area (TPSA) is 76.7 Å². The van der Waals surface area contributed by atoms with Crippen LogP contribution in [-0.2, 0) is 9.59 Å². The van der Waals surface area contributed by atoms with Gasteiger partial charge in [0.25, 0.3) is 0 Å². The Morgan fingerprint density at radius 2 is 2.11 bits per heavy atom. The lowest BCUT2D eigenvalue weighted by atomic mass is 9.67. The summed E-state index contributed by atoms with van der Waals surface area (Å²) < 4.78 is 10.7. The van der Waals surface area contributed by atoms with E-state index in [4.69, 9.17) is 9.47 Å². The van der Waals surface area contributed by atoms with Gasteiger partial charge in [-0.05, 0) is 61.3 Å². The summed E-state index contributed by atoms with van der Waals surface area (Å²) >= 11 is 0. The molecular weight excluding hydrogens is 356 g/mol. The van der Waals surface area contributed by atoms with Crippen molar-refractivity contribution in [2.24, 2.45) is 17.8 Å². The van der Waals surface area contributed by atoms with Gasteiger partial charge in [-0.2, -0.15) is 0 Å². The minimum absolute atomic E-state index is 0.0980. The number of carbonyl (C=O) groups excluding carboxylic acids is 2. The third-order valence-electron chi connectivity index (χ3n) is 6.49. The molecule has 1 saturated heterocycles. The maximum absolute atomic E-state index is 12.4. The number of rotatable bonds is 4. The molecule has 0 spiro atoms. The lowest BCUT2D eigenvalue weighted by Gasteiger charge is -2.46.